The number of fused-ring (bicyclic) bond motifs is 1. The van der Waals surface area contributed by atoms with Gasteiger partial charge in [0.2, 0.25) is 0 Å². The highest BCUT2D eigenvalue weighted by molar-refractivity contribution is 7.71. The molecule has 24 heavy (non-hydrogen) atoms. The van der Waals surface area contributed by atoms with E-state index in [1.54, 1.807) is 6.20 Å². The molecule has 3 heterocycles. The average Bonchev–Trinajstić information content (AvgIpc) is 3.10. The Morgan fingerprint density at radius 2 is 2.17 bits per heavy atom. The molecule has 0 bridgehead atoms. The van der Waals surface area contributed by atoms with E-state index in [0.717, 1.165) is 29.7 Å². The third kappa shape index (κ3) is 2.71. The van der Waals surface area contributed by atoms with Crippen LogP contribution in [0.4, 0.5) is 0 Å². The van der Waals surface area contributed by atoms with Crippen molar-refractivity contribution < 1.29 is 4.74 Å². The van der Waals surface area contributed by atoms with Gasteiger partial charge in [0.05, 0.1) is 24.8 Å². The van der Waals surface area contributed by atoms with Crippen LogP contribution in [0.2, 0.25) is 0 Å². The number of aromatic nitrogens is 3. The molecule has 2 aromatic heterocycles. The van der Waals surface area contributed by atoms with Crippen molar-refractivity contribution in [3.05, 3.63) is 62.8 Å². The van der Waals surface area contributed by atoms with E-state index in [2.05, 4.69) is 27.4 Å². The predicted molar refractivity (Wildman–Crippen MR) is 94.9 cm³/mol. The molecule has 124 valence electrons. The molecule has 3 aromatic rings. The molecule has 1 unspecified atom stereocenters. The summed E-state index contributed by atoms with van der Waals surface area (Å²) in [5, 5.41) is 3.36. The first kappa shape index (κ1) is 15.3. The molecular formula is C17H18N4O2S. The van der Waals surface area contributed by atoms with Gasteiger partial charge in [-0.3, -0.25) is 9.78 Å². The number of H-pyrrole nitrogens is 2. The first-order valence-electron chi connectivity index (χ1n) is 7.94. The highest BCUT2D eigenvalue weighted by Crippen LogP contribution is 2.24. The summed E-state index contributed by atoms with van der Waals surface area (Å²) in [6.45, 7) is 2.97. The van der Waals surface area contributed by atoms with E-state index in [1.807, 2.05) is 22.8 Å². The molecule has 1 aliphatic heterocycles. The summed E-state index contributed by atoms with van der Waals surface area (Å²) in [6, 6.07) is 10.1. The minimum atomic E-state index is -0.190. The highest BCUT2D eigenvalue weighted by atomic mass is 32.1. The number of morpholine rings is 1. The number of hydrogen-bond donors (Lipinski definition) is 3. The second kappa shape index (κ2) is 6.35. The minimum absolute atomic E-state index is 0.0357. The van der Waals surface area contributed by atoms with Crippen LogP contribution in [0.1, 0.15) is 17.2 Å². The lowest BCUT2D eigenvalue weighted by Gasteiger charge is -2.26. The number of aromatic amines is 2. The molecule has 0 aliphatic carbocycles. The summed E-state index contributed by atoms with van der Waals surface area (Å²) in [6.07, 6.45) is 1.79. The fourth-order valence-corrected chi connectivity index (χ4v) is 3.44. The van der Waals surface area contributed by atoms with E-state index in [-0.39, 0.29) is 11.7 Å². The van der Waals surface area contributed by atoms with Crippen LogP contribution >= 0.6 is 12.2 Å². The maximum atomic E-state index is 12.0. The van der Waals surface area contributed by atoms with Crippen LogP contribution in [0, 0.1) is 4.77 Å². The zero-order valence-corrected chi connectivity index (χ0v) is 13.9. The summed E-state index contributed by atoms with van der Waals surface area (Å²) >= 11 is 5.38. The highest BCUT2D eigenvalue weighted by Gasteiger charge is 2.19. The lowest BCUT2D eigenvalue weighted by molar-refractivity contribution is 0.0271. The quantitative estimate of drug-likeness (QED) is 0.637. The van der Waals surface area contributed by atoms with Gasteiger partial charge in [0.25, 0.3) is 5.56 Å². The normalized spacial score (nSPS) is 18.1. The molecule has 1 fully saturated rings. The van der Waals surface area contributed by atoms with Gasteiger partial charge in [-0.15, -0.1) is 0 Å². The van der Waals surface area contributed by atoms with Gasteiger partial charge in [-0.25, -0.2) is 0 Å². The number of nitrogens with zero attached hydrogens (tertiary/aromatic N) is 1. The van der Waals surface area contributed by atoms with E-state index in [1.165, 1.54) is 0 Å². The first-order valence-corrected chi connectivity index (χ1v) is 8.35. The standard InChI is InChI=1S/C17H18N4O2S/c22-16-15-13(5-6-19-15)21(17(24)20-16)10-11-3-1-2-4-12(11)14-9-18-7-8-23-14/h1-6,14,18-19H,7-10H2,(H,20,22,24). The van der Waals surface area contributed by atoms with Gasteiger partial charge in [-0.2, -0.15) is 0 Å². The Kier molecular flexibility index (Phi) is 4.05. The largest absolute Gasteiger partial charge is 0.371 e. The molecular weight excluding hydrogens is 324 g/mol. The second-order valence-electron chi connectivity index (χ2n) is 5.85. The van der Waals surface area contributed by atoms with Crippen LogP contribution in [0.15, 0.2) is 41.3 Å². The Balaban J connectivity index is 1.78. The fraction of sp³-hybridized carbons (Fsp3) is 0.294. The van der Waals surface area contributed by atoms with E-state index in [0.29, 0.717) is 23.4 Å². The van der Waals surface area contributed by atoms with Crippen LogP contribution in [0.5, 0.6) is 0 Å². The number of hydrogen-bond acceptors (Lipinski definition) is 4. The molecule has 0 amide bonds. The third-order valence-corrected chi connectivity index (χ3v) is 4.69. The summed E-state index contributed by atoms with van der Waals surface area (Å²) in [5.74, 6) is 0. The molecule has 1 aliphatic rings. The molecule has 1 aromatic carbocycles. The van der Waals surface area contributed by atoms with Gasteiger partial charge in [-0.1, -0.05) is 24.3 Å². The first-order chi connectivity index (χ1) is 11.7. The number of benzene rings is 1. The van der Waals surface area contributed by atoms with Crippen molar-refractivity contribution in [1.29, 1.82) is 0 Å². The van der Waals surface area contributed by atoms with Crippen LogP contribution in [0.3, 0.4) is 0 Å². The van der Waals surface area contributed by atoms with Gasteiger partial charge in [0.15, 0.2) is 4.77 Å². The van der Waals surface area contributed by atoms with Crippen molar-refractivity contribution in [2.24, 2.45) is 0 Å². The van der Waals surface area contributed by atoms with E-state index in [4.69, 9.17) is 17.0 Å². The molecule has 0 saturated carbocycles. The lowest BCUT2D eigenvalue weighted by atomic mass is 10.0. The van der Waals surface area contributed by atoms with Gasteiger partial charge >= 0.3 is 0 Å². The van der Waals surface area contributed by atoms with E-state index < -0.39 is 0 Å². The lowest BCUT2D eigenvalue weighted by Crippen LogP contribution is -2.33. The molecule has 4 rings (SSSR count). The van der Waals surface area contributed by atoms with Gasteiger partial charge in [-0.05, 0) is 29.4 Å². The summed E-state index contributed by atoms with van der Waals surface area (Å²) in [4.78, 5) is 17.7. The molecule has 0 radical (unpaired) electrons. The van der Waals surface area contributed by atoms with Crippen molar-refractivity contribution in [3.63, 3.8) is 0 Å². The van der Waals surface area contributed by atoms with E-state index in [9.17, 15) is 4.79 Å². The Labute approximate surface area is 143 Å². The summed E-state index contributed by atoms with van der Waals surface area (Å²) in [5.41, 5.74) is 3.44. The van der Waals surface area contributed by atoms with Crippen molar-refractivity contribution in [1.82, 2.24) is 19.9 Å². The Morgan fingerprint density at radius 3 is 3.00 bits per heavy atom. The Hall–Kier alpha value is -2.22. The van der Waals surface area contributed by atoms with Crippen LogP contribution < -0.4 is 10.9 Å². The Morgan fingerprint density at radius 1 is 1.29 bits per heavy atom. The molecule has 6 nitrogen and oxygen atoms in total. The smallest absolute Gasteiger partial charge is 0.276 e. The second-order valence-corrected chi connectivity index (χ2v) is 6.23. The SMILES string of the molecule is O=c1[nH]c(=S)n(Cc2ccccc2C2CNCCO2)c2cc[nH]c12. The Bertz CT molecular complexity index is 982. The zero-order chi connectivity index (χ0) is 16.5. The van der Waals surface area contributed by atoms with Crippen molar-refractivity contribution >= 4 is 23.3 Å². The zero-order valence-electron chi connectivity index (χ0n) is 13.0. The summed E-state index contributed by atoms with van der Waals surface area (Å²) in [7, 11) is 0. The number of ether oxygens (including phenoxy) is 1. The maximum Gasteiger partial charge on any atom is 0.276 e. The third-order valence-electron chi connectivity index (χ3n) is 4.37. The van der Waals surface area contributed by atoms with Crippen molar-refractivity contribution in [3.8, 4) is 0 Å². The molecule has 1 atom stereocenters. The fourth-order valence-electron chi connectivity index (χ4n) is 3.19. The number of rotatable bonds is 3. The van der Waals surface area contributed by atoms with Gasteiger partial charge < -0.3 is 19.6 Å². The van der Waals surface area contributed by atoms with Crippen molar-refractivity contribution in [2.75, 3.05) is 19.7 Å². The predicted octanol–water partition coefficient (Wildman–Crippen LogP) is 2.10. The van der Waals surface area contributed by atoms with Gasteiger partial charge in [0.1, 0.15) is 5.52 Å². The van der Waals surface area contributed by atoms with Gasteiger partial charge in [0, 0.05) is 19.3 Å². The maximum absolute atomic E-state index is 12.0. The molecule has 1 saturated heterocycles. The average molecular weight is 342 g/mol. The van der Waals surface area contributed by atoms with Crippen LogP contribution in [0.25, 0.3) is 11.0 Å². The minimum Gasteiger partial charge on any atom is -0.371 e. The van der Waals surface area contributed by atoms with Crippen LogP contribution in [-0.2, 0) is 11.3 Å². The van der Waals surface area contributed by atoms with E-state index >= 15 is 0 Å². The van der Waals surface area contributed by atoms with Crippen LogP contribution in [-0.4, -0.2) is 34.2 Å². The van der Waals surface area contributed by atoms with Crippen molar-refractivity contribution in [2.45, 2.75) is 12.6 Å². The molecule has 0 spiro atoms. The monoisotopic (exact) mass is 342 g/mol. The molecule has 7 heteroatoms. The number of nitrogens with one attached hydrogen (secondary N) is 3. The topological polar surface area (TPSA) is 74.8 Å². The molecule has 3 N–H and O–H groups in total. The summed E-state index contributed by atoms with van der Waals surface area (Å²) < 4.78 is 8.27.